The van der Waals surface area contributed by atoms with Crippen LogP contribution in [0.1, 0.15) is 11.3 Å². The summed E-state index contributed by atoms with van der Waals surface area (Å²) in [6.07, 6.45) is 5.31. The zero-order valence-electron chi connectivity index (χ0n) is 8.29. The van der Waals surface area contributed by atoms with Crippen LogP contribution in [0.25, 0.3) is 6.08 Å². The van der Waals surface area contributed by atoms with Crippen LogP contribution >= 0.6 is 0 Å². The molecule has 1 aliphatic heterocycles. The molecule has 16 heavy (non-hydrogen) atoms. The first-order valence-electron chi connectivity index (χ1n) is 4.82. The number of nitrogens with one attached hydrogen (secondary N) is 1. The van der Waals surface area contributed by atoms with Crippen LogP contribution in [0.3, 0.4) is 0 Å². The largest absolute Gasteiger partial charge is 0.345 e. The minimum absolute atomic E-state index is 0.608. The Morgan fingerprint density at radius 1 is 1.12 bits per heavy atom. The average molecular weight is 212 g/mol. The molecule has 0 bridgehead atoms. The summed E-state index contributed by atoms with van der Waals surface area (Å²) in [5.41, 5.74) is 6.32. The van der Waals surface area contributed by atoms with Crippen molar-refractivity contribution in [3.05, 3.63) is 47.9 Å². The Labute approximate surface area is 91.5 Å². The molecule has 1 aromatic carbocycles. The second kappa shape index (κ2) is 3.62. The van der Waals surface area contributed by atoms with E-state index >= 15 is 0 Å². The van der Waals surface area contributed by atoms with Crippen molar-refractivity contribution in [2.24, 2.45) is 5.10 Å². The van der Waals surface area contributed by atoms with E-state index < -0.39 is 0 Å². The van der Waals surface area contributed by atoms with Crippen molar-refractivity contribution < 1.29 is 4.52 Å². The third-order valence-electron chi connectivity index (χ3n) is 2.30. The summed E-state index contributed by atoms with van der Waals surface area (Å²) in [5, 5.41) is 11.4. The molecular weight excluding hydrogens is 204 g/mol. The van der Waals surface area contributed by atoms with Gasteiger partial charge in [0.15, 0.2) is 12.0 Å². The van der Waals surface area contributed by atoms with Gasteiger partial charge in [-0.05, 0) is 17.7 Å². The topological polar surface area (TPSA) is 63.3 Å². The van der Waals surface area contributed by atoms with Gasteiger partial charge < -0.3 is 4.52 Å². The fraction of sp³-hybridized carbons (Fsp3) is 0. The molecule has 0 saturated heterocycles. The lowest BCUT2D eigenvalue weighted by Crippen LogP contribution is -2.00. The smallest absolute Gasteiger partial charge is 0.154 e. The highest BCUT2D eigenvalue weighted by Gasteiger charge is 2.08. The second-order valence-corrected chi connectivity index (χ2v) is 3.32. The number of benzene rings is 1. The molecule has 1 aromatic heterocycles. The Bertz CT molecular complexity index is 557. The molecule has 5 nitrogen and oxygen atoms in total. The molecule has 1 N–H and O–H groups in total. The number of allylic oxidation sites excluding steroid dienone is 1. The summed E-state index contributed by atoms with van der Waals surface area (Å²) in [7, 11) is 0. The Hall–Kier alpha value is -2.43. The number of hydrogen-bond acceptors (Lipinski definition) is 5. The van der Waals surface area contributed by atoms with Crippen LogP contribution in [0.15, 0.2) is 46.2 Å². The fourth-order valence-electron chi connectivity index (χ4n) is 1.49. The molecule has 78 valence electrons. The second-order valence-electron chi connectivity index (χ2n) is 3.32. The maximum absolute atomic E-state index is 4.68. The zero-order valence-corrected chi connectivity index (χ0v) is 8.29. The van der Waals surface area contributed by atoms with Gasteiger partial charge in [-0.3, -0.25) is 5.43 Å². The van der Waals surface area contributed by atoms with E-state index in [0.29, 0.717) is 11.4 Å². The molecule has 3 rings (SSSR count). The van der Waals surface area contributed by atoms with Crippen molar-refractivity contribution in [2.45, 2.75) is 0 Å². The molecule has 0 atom stereocenters. The van der Waals surface area contributed by atoms with E-state index in [2.05, 4.69) is 25.4 Å². The lowest BCUT2D eigenvalue weighted by molar-refractivity contribution is 0.393. The number of hydrazone groups is 1. The van der Waals surface area contributed by atoms with E-state index in [-0.39, 0.29) is 0 Å². The van der Waals surface area contributed by atoms with Crippen molar-refractivity contribution in [3.63, 3.8) is 0 Å². The number of fused-ring (bicyclic) bond motifs is 1. The standard InChI is InChI=1S/C11H8N4O/c1-2-4-9-8(3-1)5-6-10(13-12-9)11-7-16-15-14-11/h1-7,12H. The molecule has 2 heterocycles. The summed E-state index contributed by atoms with van der Waals surface area (Å²) >= 11 is 0. The zero-order chi connectivity index (χ0) is 10.8. The van der Waals surface area contributed by atoms with Gasteiger partial charge in [0.2, 0.25) is 0 Å². The first-order chi connectivity index (χ1) is 7.93. The molecule has 0 amide bonds. The van der Waals surface area contributed by atoms with E-state index in [9.17, 15) is 0 Å². The van der Waals surface area contributed by atoms with Crippen molar-refractivity contribution in [1.82, 2.24) is 10.4 Å². The number of rotatable bonds is 1. The molecule has 1 aliphatic rings. The summed E-state index contributed by atoms with van der Waals surface area (Å²) in [5.74, 6) is 0. The van der Waals surface area contributed by atoms with E-state index in [1.165, 1.54) is 6.26 Å². The highest BCUT2D eigenvalue weighted by atomic mass is 16.5. The van der Waals surface area contributed by atoms with Gasteiger partial charge in [0.05, 0.1) is 5.69 Å². The van der Waals surface area contributed by atoms with Gasteiger partial charge in [-0.15, -0.1) is 5.10 Å². The maximum Gasteiger partial charge on any atom is 0.154 e. The van der Waals surface area contributed by atoms with E-state index in [0.717, 1.165) is 11.3 Å². The van der Waals surface area contributed by atoms with Crippen LogP contribution in [-0.2, 0) is 0 Å². The Balaban J connectivity index is 2.01. The van der Waals surface area contributed by atoms with Gasteiger partial charge in [0, 0.05) is 5.27 Å². The molecule has 0 fully saturated rings. The van der Waals surface area contributed by atoms with Gasteiger partial charge in [-0.2, -0.15) is 5.10 Å². The molecule has 2 aromatic rings. The quantitative estimate of drug-likeness (QED) is 0.784. The van der Waals surface area contributed by atoms with Crippen LogP contribution in [0.2, 0.25) is 0 Å². The van der Waals surface area contributed by atoms with Crippen LogP contribution < -0.4 is 5.43 Å². The SMILES string of the molecule is C1=Cc2ccccc2NN=C1c1conn1. The maximum atomic E-state index is 4.68. The Morgan fingerprint density at radius 3 is 2.94 bits per heavy atom. The fourth-order valence-corrected chi connectivity index (χ4v) is 1.49. The normalized spacial score (nSPS) is 13.6. The van der Waals surface area contributed by atoms with Gasteiger partial charge in [0.25, 0.3) is 0 Å². The highest BCUT2D eigenvalue weighted by molar-refractivity contribution is 6.10. The average Bonchev–Trinajstić information content (AvgIpc) is 2.76. The summed E-state index contributed by atoms with van der Waals surface area (Å²) in [4.78, 5) is 0. The van der Waals surface area contributed by atoms with Crippen LogP contribution in [0.5, 0.6) is 0 Å². The van der Waals surface area contributed by atoms with E-state index in [1.54, 1.807) is 0 Å². The van der Waals surface area contributed by atoms with Gasteiger partial charge in [-0.25, -0.2) is 0 Å². The van der Waals surface area contributed by atoms with Crippen molar-refractivity contribution in [3.8, 4) is 0 Å². The lowest BCUT2D eigenvalue weighted by atomic mass is 10.1. The Kier molecular flexibility index (Phi) is 2.00. The minimum Gasteiger partial charge on any atom is -0.345 e. The van der Waals surface area contributed by atoms with Gasteiger partial charge >= 0.3 is 0 Å². The van der Waals surface area contributed by atoms with Gasteiger partial charge in [-0.1, -0.05) is 24.3 Å². The first kappa shape index (κ1) is 8.84. The van der Waals surface area contributed by atoms with Gasteiger partial charge in [0.1, 0.15) is 5.71 Å². The molecule has 0 unspecified atom stereocenters. The van der Waals surface area contributed by atoms with Crippen molar-refractivity contribution >= 4 is 17.5 Å². The molecule has 0 saturated carbocycles. The van der Waals surface area contributed by atoms with Crippen molar-refractivity contribution in [2.75, 3.05) is 5.43 Å². The third-order valence-corrected chi connectivity index (χ3v) is 2.30. The third kappa shape index (κ3) is 1.48. The molecule has 0 spiro atoms. The summed E-state index contributed by atoms with van der Waals surface area (Å²) < 4.78 is 4.68. The first-order valence-corrected chi connectivity index (χ1v) is 4.82. The predicted molar refractivity (Wildman–Crippen MR) is 59.9 cm³/mol. The van der Waals surface area contributed by atoms with E-state index in [4.69, 9.17) is 0 Å². The number of nitrogens with zero attached hydrogens (tertiary/aromatic N) is 3. The summed E-state index contributed by atoms with van der Waals surface area (Å²) in [6, 6.07) is 7.91. The molecule has 0 aliphatic carbocycles. The number of anilines is 1. The predicted octanol–water partition coefficient (Wildman–Crippen LogP) is 1.91. The monoisotopic (exact) mass is 212 g/mol. The van der Waals surface area contributed by atoms with Crippen LogP contribution in [0.4, 0.5) is 5.69 Å². The minimum atomic E-state index is 0.608. The molecular formula is C11H8N4O. The summed E-state index contributed by atoms with van der Waals surface area (Å²) in [6.45, 7) is 0. The number of para-hydroxylation sites is 1. The van der Waals surface area contributed by atoms with Crippen molar-refractivity contribution in [1.29, 1.82) is 0 Å². The highest BCUT2D eigenvalue weighted by Crippen LogP contribution is 2.19. The molecule has 5 heteroatoms. The Morgan fingerprint density at radius 2 is 2.06 bits per heavy atom. The number of hydrogen-bond donors (Lipinski definition) is 1. The lowest BCUT2D eigenvalue weighted by Gasteiger charge is -2.01. The van der Waals surface area contributed by atoms with Crippen LogP contribution in [0, 0.1) is 0 Å². The number of aromatic nitrogens is 2. The van der Waals surface area contributed by atoms with Crippen LogP contribution in [-0.4, -0.2) is 16.1 Å². The van der Waals surface area contributed by atoms with E-state index in [1.807, 2.05) is 36.4 Å². The molecule has 0 radical (unpaired) electrons.